The average molecular weight is 503 g/mol. The monoisotopic (exact) mass is 502 g/mol. The molecular weight excluding hydrogens is 472 g/mol. The highest BCUT2D eigenvalue weighted by atomic mass is 32.1. The second kappa shape index (κ2) is 11.2. The number of carbonyl (C=O) groups is 1. The second-order valence-electron chi connectivity index (χ2n) is 9.34. The maximum atomic E-state index is 13.0. The fourth-order valence-corrected chi connectivity index (χ4v) is 5.85. The molecule has 0 saturated carbocycles. The molecule has 2 N–H and O–H groups in total. The highest BCUT2D eigenvalue weighted by Crippen LogP contribution is 2.34. The van der Waals surface area contributed by atoms with Gasteiger partial charge in [0.1, 0.15) is 11.5 Å². The number of thiazole rings is 1. The first-order valence-corrected chi connectivity index (χ1v) is 13.3. The Morgan fingerprint density at radius 1 is 1.17 bits per heavy atom. The number of ether oxygens (including phenoxy) is 1. The van der Waals surface area contributed by atoms with E-state index in [1.54, 1.807) is 5.38 Å². The Morgan fingerprint density at radius 3 is 2.81 bits per heavy atom. The molecule has 0 bridgehead atoms. The van der Waals surface area contributed by atoms with Gasteiger partial charge in [0.15, 0.2) is 5.13 Å². The number of hydrogen-bond donors (Lipinski definition) is 2. The topological polar surface area (TPSA) is 103 Å². The molecule has 2 saturated heterocycles. The molecular formula is C27H30N6O2S. The molecule has 0 aliphatic carbocycles. The molecule has 1 aromatic carbocycles. The average Bonchev–Trinajstić information content (AvgIpc) is 3.59. The first-order chi connectivity index (χ1) is 17.7. The standard InChI is InChI=1S/C27H30N6O2S/c28-13-15-33-14-5-9-23(33)21-8-4-10-24(30-21)32-26-31-22(18-36-26)25(34)29-19-27(11-16-35-17-12-27)20-6-2-1-3-7-20/h1-4,6-8,10,18,23H,5,9,11-12,14-17,19H2,(H,29,34)(H,30,31,32)/t23-/m0/s1. The molecule has 186 valence electrons. The van der Waals surface area contributed by atoms with Crippen LogP contribution in [0.3, 0.4) is 0 Å². The number of anilines is 2. The van der Waals surface area contributed by atoms with Crippen molar-refractivity contribution in [3.8, 4) is 6.07 Å². The Labute approximate surface area is 215 Å². The lowest BCUT2D eigenvalue weighted by Crippen LogP contribution is -2.44. The van der Waals surface area contributed by atoms with Crippen molar-refractivity contribution in [2.24, 2.45) is 0 Å². The van der Waals surface area contributed by atoms with E-state index in [4.69, 9.17) is 15.0 Å². The van der Waals surface area contributed by atoms with Gasteiger partial charge in [-0.2, -0.15) is 5.26 Å². The van der Waals surface area contributed by atoms with Crippen molar-refractivity contribution in [2.75, 3.05) is 38.2 Å². The lowest BCUT2D eigenvalue weighted by atomic mass is 9.74. The van der Waals surface area contributed by atoms with E-state index in [1.165, 1.54) is 16.9 Å². The van der Waals surface area contributed by atoms with Gasteiger partial charge in [-0.15, -0.1) is 11.3 Å². The molecule has 2 aliphatic heterocycles. The Bertz CT molecular complexity index is 1220. The van der Waals surface area contributed by atoms with Crippen molar-refractivity contribution in [1.29, 1.82) is 5.26 Å². The number of benzene rings is 1. The highest BCUT2D eigenvalue weighted by molar-refractivity contribution is 7.14. The molecule has 1 atom stereocenters. The van der Waals surface area contributed by atoms with Gasteiger partial charge >= 0.3 is 0 Å². The smallest absolute Gasteiger partial charge is 0.270 e. The lowest BCUT2D eigenvalue weighted by Gasteiger charge is -2.37. The van der Waals surface area contributed by atoms with Gasteiger partial charge in [0.25, 0.3) is 5.91 Å². The molecule has 0 radical (unpaired) electrons. The predicted octanol–water partition coefficient (Wildman–Crippen LogP) is 4.42. The first-order valence-electron chi connectivity index (χ1n) is 12.4. The van der Waals surface area contributed by atoms with E-state index in [1.807, 2.05) is 36.4 Å². The van der Waals surface area contributed by atoms with Crippen LogP contribution < -0.4 is 10.6 Å². The van der Waals surface area contributed by atoms with E-state index >= 15 is 0 Å². The Morgan fingerprint density at radius 2 is 2.00 bits per heavy atom. The number of pyridine rings is 1. The van der Waals surface area contributed by atoms with Gasteiger partial charge in [0, 0.05) is 30.6 Å². The van der Waals surface area contributed by atoms with Crippen LogP contribution in [0.2, 0.25) is 0 Å². The van der Waals surface area contributed by atoms with E-state index in [0.29, 0.717) is 42.9 Å². The van der Waals surface area contributed by atoms with Crippen molar-refractivity contribution < 1.29 is 9.53 Å². The quantitative estimate of drug-likeness (QED) is 0.440. The van der Waals surface area contributed by atoms with E-state index in [9.17, 15) is 4.79 Å². The molecule has 0 unspecified atom stereocenters. The summed E-state index contributed by atoms with van der Waals surface area (Å²) in [6, 6.07) is 18.6. The van der Waals surface area contributed by atoms with Crippen LogP contribution in [0, 0.1) is 11.3 Å². The van der Waals surface area contributed by atoms with Crippen LogP contribution in [0.25, 0.3) is 0 Å². The fourth-order valence-electron chi connectivity index (χ4n) is 5.15. The Balaban J connectivity index is 1.23. The number of carbonyl (C=O) groups excluding carboxylic acids is 1. The summed E-state index contributed by atoms with van der Waals surface area (Å²) in [4.78, 5) is 24.4. The molecule has 2 aromatic heterocycles. The number of aromatic nitrogens is 2. The van der Waals surface area contributed by atoms with E-state index in [-0.39, 0.29) is 17.4 Å². The molecule has 36 heavy (non-hydrogen) atoms. The highest BCUT2D eigenvalue weighted by Gasteiger charge is 2.35. The van der Waals surface area contributed by atoms with Gasteiger partial charge in [-0.3, -0.25) is 9.69 Å². The third kappa shape index (κ3) is 5.41. The summed E-state index contributed by atoms with van der Waals surface area (Å²) in [7, 11) is 0. The summed E-state index contributed by atoms with van der Waals surface area (Å²) in [5, 5.41) is 17.9. The van der Waals surface area contributed by atoms with Crippen LogP contribution in [0.15, 0.2) is 53.9 Å². The van der Waals surface area contributed by atoms with Crippen LogP contribution in [0.4, 0.5) is 10.9 Å². The summed E-state index contributed by atoms with van der Waals surface area (Å²) in [5.74, 6) is 0.503. The van der Waals surface area contributed by atoms with Crippen LogP contribution in [0.1, 0.15) is 53.5 Å². The maximum absolute atomic E-state index is 13.0. The summed E-state index contributed by atoms with van der Waals surface area (Å²) in [5.41, 5.74) is 2.45. The molecule has 0 spiro atoms. The minimum Gasteiger partial charge on any atom is -0.381 e. The molecule has 2 aliphatic rings. The Hall–Kier alpha value is -3.32. The molecule has 1 amide bonds. The zero-order valence-corrected chi connectivity index (χ0v) is 21.0. The second-order valence-corrected chi connectivity index (χ2v) is 10.2. The normalized spacial score (nSPS) is 19.5. The SMILES string of the molecule is N#CCN1CCC[C@H]1c1cccc(Nc2nc(C(=O)NCC3(c4ccccc4)CCOCC3)cs2)n1. The van der Waals surface area contributed by atoms with E-state index in [2.05, 4.69) is 38.7 Å². The van der Waals surface area contributed by atoms with Gasteiger partial charge in [-0.05, 0) is 49.9 Å². The Kier molecular flexibility index (Phi) is 7.56. The van der Waals surface area contributed by atoms with E-state index < -0.39 is 0 Å². The third-order valence-electron chi connectivity index (χ3n) is 7.14. The van der Waals surface area contributed by atoms with Gasteiger partial charge in [0.2, 0.25) is 0 Å². The zero-order valence-electron chi connectivity index (χ0n) is 20.2. The number of nitrogens with zero attached hydrogens (tertiary/aromatic N) is 4. The van der Waals surface area contributed by atoms with E-state index in [0.717, 1.165) is 37.9 Å². The third-order valence-corrected chi connectivity index (χ3v) is 7.90. The number of likely N-dealkylation sites (tertiary alicyclic amines) is 1. The number of amides is 1. The van der Waals surface area contributed by atoms with Crippen molar-refractivity contribution in [1.82, 2.24) is 20.2 Å². The van der Waals surface area contributed by atoms with Crippen LogP contribution >= 0.6 is 11.3 Å². The largest absolute Gasteiger partial charge is 0.381 e. The van der Waals surface area contributed by atoms with Crippen molar-refractivity contribution >= 4 is 28.2 Å². The summed E-state index contributed by atoms with van der Waals surface area (Å²) < 4.78 is 5.60. The minimum atomic E-state index is -0.180. The number of rotatable bonds is 8. The molecule has 3 aromatic rings. The molecule has 8 nitrogen and oxygen atoms in total. The molecule has 5 rings (SSSR count). The molecule has 2 fully saturated rings. The predicted molar refractivity (Wildman–Crippen MR) is 139 cm³/mol. The summed E-state index contributed by atoms with van der Waals surface area (Å²) in [6.07, 6.45) is 3.80. The zero-order chi connectivity index (χ0) is 24.8. The maximum Gasteiger partial charge on any atom is 0.270 e. The lowest BCUT2D eigenvalue weighted by molar-refractivity contribution is 0.0487. The van der Waals surface area contributed by atoms with Crippen molar-refractivity contribution in [2.45, 2.75) is 37.1 Å². The van der Waals surface area contributed by atoms with Crippen molar-refractivity contribution in [3.63, 3.8) is 0 Å². The van der Waals surface area contributed by atoms with Crippen molar-refractivity contribution in [3.05, 3.63) is 70.9 Å². The molecule has 9 heteroatoms. The van der Waals surface area contributed by atoms with Crippen LogP contribution in [-0.2, 0) is 10.2 Å². The fraction of sp³-hybridized carbons (Fsp3) is 0.407. The summed E-state index contributed by atoms with van der Waals surface area (Å²) in [6.45, 7) is 3.26. The number of nitrogens with one attached hydrogen (secondary N) is 2. The number of nitriles is 1. The summed E-state index contributed by atoms with van der Waals surface area (Å²) >= 11 is 1.38. The molecule has 4 heterocycles. The van der Waals surface area contributed by atoms with Gasteiger partial charge in [-0.25, -0.2) is 9.97 Å². The first kappa shape index (κ1) is 24.4. The van der Waals surface area contributed by atoms with Gasteiger partial charge < -0.3 is 15.4 Å². The minimum absolute atomic E-state index is 0.129. The van der Waals surface area contributed by atoms with Gasteiger partial charge in [-0.1, -0.05) is 36.4 Å². The van der Waals surface area contributed by atoms with Crippen LogP contribution in [0.5, 0.6) is 0 Å². The number of hydrogen-bond acceptors (Lipinski definition) is 8. The van der Waals surface area contributed by atoms with Gasteiger partial charge in [0.05, 0.1) is 24.3 Å². The van der Waals surface area contributed by atoms with Crippen LogP contribution in [-0.4, -0.2) is 53.6 Å².